The van der Waals surface area contributed by atoms with Crippen molar-refractivity contribution in [3.8, 4) is 16.9 Å². The third kappa shape index (κ3) is 4.70. The van der Waals surface area contributed by atoms with Gasteiger partial charge in [-0.3, -0.25) is 14.2 Å². The Morgan fingerprint density at radius 1 is 1.03 bits per heavy atom. The monoisotopic (exact) mass is 505 g/mol. The van der Waals surface area contributed by atoms with Crippen LogP contribution >= 0.6 is 0 Å². The number of halogens is 2. The molecule has 7 nitrogen and oxygen atoms in total. The molecule has 2 heterocycles. The molecule has 2 aliphatic rings. The molecule has 2 N–H and O–H groups in total. The lowest BCUT2D eigenvalue weighted by Crippen LogP contribution is -2.31. The van der Waals surface area contributed by atoms with Gasteiger partial charge in [-0.1, -0.05) is 12.1 Å². The number of rotatable bonds is 6. The maximum atomic E-state index is 13.6. The van der Waals surface area contributed by atoms with Gasteiger partial charge in [0.25, 0.3) is 5.91 Å². The van der Waals surface area contributed by atoms with Gasteiger partial charge in [-0.15, -0.1) is 0 Å². The molecule has 9 heteroatoms. The number of aromatic nitrogens is 4. The first-order chi connectivity index (χ1) is 17.9. The quantitative estimate of drug-likeness (QED) is 0.365. The maximum Gasteiger partial charge on any atom is 0.251 e. The molecule has 0 atom stereocenters. The highest BCUT2D eigenvalue weighted by Crippen LogP contribution is 2.44. The lowest BCUT2D eigenvalue weighted by Gasteiger charge is -2.28. The smallest absolute Gasteiger partial charge is 0.251 e. The molecule has 2 fully saturated rings. The molecular weight excluding hydrogens is 476 g/mol. The Labute approximate surface area is 213 Å². The molecule has 2 aliphatic carbocycles. The Hall–Kier alpha value is -3.75. The lowest BCUT2D eigenvalue weighted by molar-refractivity contribution is 0.0940. The molecule has 2 aromatic carbocycles. The number of amides is 1. The number of hydrogen-bond donors (Lipinski definition) is 2. The van der Waals surface area contributed by atoms with Gasteiger partial charge in [0.15, 0.2) is 17.4 Å². The van der Waals surface area contributed by atoms with E-state index < -0.39 is 23.3 Å². The summed E-state index contributed by atoms with van der Waals surface area (Å²) >= 11 is 0. The zero-order valence-corrected chi connectivity index (χ0v) is 20.6. The van der Waals surface area contributed by atoms with Crippen LogP contribution in [0.5, 0.6) is 5.75 Å². The number of hydrogen-bond acceptors (Lipinski definition) is 4. The van der Waals surface area contributed by atoms with Crippen molar-refractivity contribution in [1.82, 2.24) is 24.9 Å². The van der Waals surface area contributed by atoms with Crippen molar-refractivity contribution in [3.63, 3.8) is 0 Å². The minimum Gasteiger partial charge on any atom is -0.503 e. The van der Waals surface area contributed by atoms with Crippen LogP contribution in [0.4, 0.5) is 8.78 Å². The van der Waals surface area contributed by atoms with Crippen LogP contribution in [0.1, 0.15) is 66.5 Å². The summed E-state index contributed by atoms with van der Waals surface area (Å²) in [5.74, 6) is -3.05. The molecule has 37 heavy (non-hydrogen) atoms. The number of nitrogens with zero attached hydrogens (tertiary/aromatic N) is 4. The number of phenols is 1. The molecular formula is C28H29F2N5O2. The number of nitrogens with one attached hydrogen (secondary N) is 1. The standard InChI is InChI=1S/C28H29F2N5O2/c1-34-15-22(26(33-34)17-4-5-17)18-6-7-19-14-35(32-25(19)12-18)21-8-2-16(3-9-21)13-31-28(37)20-10-23(29)27(36)24(30)11-20/h6-7,10-12,14-17,21,36H,2-5,8-9,13H2,1H3,(H,31,37)/t16-,21-. The van der Waals surface area contributed by atoms with Gasteiger partial charge in [0.1, 0.15) is 0 Å². The molecule has 0 radical (unpaired) electrons. The van der Waals surface area contributed by atoms with E-state index in [0.717, 1.165) is 54.3 Å². The second kappa shape index (κ2) is 9.28. The molecule has 192 valence electrons. The van der Waals surface area contributed by atoms with Crippen LogP contribution < -0.4 is 5.32 Å². The maximum absolute atomic E-state index is 13.6. The first-order valence-electron chi connectivity index (χ1n) is 12.8. The van der Waals surface area contributed by atoms with Crippen LogP contribution in [0.25, 0.3) is 22.0 Å². The van der Waals surface area contributed by atoms with Crippen molar-refractivity contribution < 1.29 is 18.7 Å². The second-order valence-electron chi connectivity index (χ2n) is 10.4. The van der Waals surface area contributed by atoms with E-state index in [4.69, 9.17) is 10.2 Å². The Kier molecular flexibility index (Phi) is 5.93. The van der Waals surface area contributed by atoms with Gasteiger partial charge in [-0.05, 0) is 68.2 Å². The van der Waals surface area contributed by atoms with Gasteiger partial charge in [-0.25, -0.2) is 8.78 Å². The third-order valence-corrected chi connectivity index (χ3v) is 7.68. The van der Waals surface area contributed by atoms with Gasteiger partial charge >= 0.3 is 0 Å². The lowest BCUT2D eigenvalue weighted by atomic mass is 9.86. The van der Waals surface area contributed by atoms with Crippen LogP contribution in [-0.4, -0.2) is 37.1 Å². The number of fused-ring (bicyclic) bond motifs is 1. The van der Waals surface area contributed by atoms with E-state index >= 15 is 0 Å². The first kappa shape index (κ1) is 23.6. The molecule has 0 unspecified atom stereocenters. The largest absolute Gasteiger partial charge is 0.503 e. The third-order valence-electron chi connectivity index (χ3n) is 7.68. The number of benzene rings is 2. The second-order valence-corrected chi connectivity index (χ2v) is 10.4. The minimum atomic E-state index is -1.15. The number of carbonyl (C=O) groups excluding carboxylic acids is 1. The van der Waals surface area contributed by atoms with E-state index in [1.165, 1.54) is 24.1 Å². The fourth-order valence-corrected chi connectivity index (χ4v) is 5.43. The predicted octanol–water partition coefficient (Wildman–Crippen LogP) is 5.46. The predicted molar refractivity (Wildman–Crippen MR) is 135 cm³/mol. The SMILES string of the molecule is Cn1cc(-c2ccc3cn([C@H]4CC[C@H](CNC(=O)c5cc(F)c(O)c(F)c5)CC4)nc3c2)c(C2CC2)n1. The summed E-state index contributed by atoms with van der Waals surface area (Å²) in [6.45, 7) is 0.439. The molecule has 4 aromatic rings. The number of phenolic OH excluding ortho intramolecular Hbond substituents is 1. The first-order valence-corrected chi connectivity index (χ1v) is 12.8. The number of aryl methyl sites for hydroxylation is 1. The zero-order chi connectivity index (χ0) is 25.7. The van der Waals surface area contributed by atoms with Gasteiger partial charge in [-0.2, -0.15) is 10.2 Å². The molecule has 0 aliphatic heterocycles. The van der Waals surface area contributed by atoms with E-state index in [0.29, 0.717) is 18.5 Å². The fourth-order valence-electron chi connectivity index (χ4n) is 5.43. The molecule has 0 saturated heterocycles. The van der Waals surface area contributed by atoms with Crippen LogP contribution in [0.3, 0.4) is 0 Å². The molecule has 2 aromatic heterocycles. The van der Waals surface area contributed by atoms with Crippen molar-refractivity contribution in [2.24, 2.45) is 13.0 Å². The van der Waals surface area contributed by atoms with E-state index in [1.54, 1.807) is 0 Å². The number of carbonyl (C=O) groups is 1. The highest BCUT2D eigenvalue weighted by Gasteiger charge is 2.30. The molecule has 0 bridgehead atoms. The van der Waals surface area contributed by atoms with E-state index in [2.05, 4.69) is 40.6 Å². The molecule has 0 spiro atoms. The summed E-state index contributed by atoms with van der Waals surface area (Å²) < 4.78 is 31.1. The summed E-state index contributed by atoms with van der Waals surface area (Å²) in [5.41, 5.74) is 4.38. The van der Waals surface area contributed by atoms with Crippen LogP contribution in [0.2, 0.25) is 0 Å². The fraction of sp³-hybridized carbons (Fsp3) is 0.393. The van der Waals surface area contributed by atoms with Crippen molar-refractivity contribution in [3.05, 3.63) is 65.6 Å². The normalized spacial score (nSPS) is 19.9. The van der Waals surface area contributed by atoms with Crippen molar-refractivity contribution >= 4 is 16.8 Å². The van der Waals surface area contributed by atoms with E-state index in [1.807, 2.05) is 11.7 Å². The molecule has 1 amide bonds. The summed E-state index contributed by atoms with van der Waals surface area (Å²) in [6.07, 6.45) is 10.4. The van der Waals surface area contributed by atoms with Gasteiger partial charge < -0.3 is 10.4 Å². The minimum absolute atomic E-state index is 0.139. The average molecular weight is 506 g/mol. The Morgan fingerprint density at radius 3 is 2.46 bits per heavy atom. The zero-order valence-electron chi connectivity index (χ0n) is 20.6. The Balaban J connectivity index is 1.08. The molecule has 2 saturated carbocycles. The topological polar surface area (TPSA) is 85.0 Å². The van der Waals surface area contributed by atoms with E-state index in [-0.39, 0.29) is 11.5 Å². The van der Waals surface area contributed by atoms with E-state index in [9.17, 15) is 18.7 Å². The van der Waals surface area contributed by atoms with Crippen molar-refractivity contribution in [1.29, 1.82) is 0 Å². The van der Waals surface area contributed by atoms with Gasteiger partial charge in [0.05, 0.1) is 17.3 Å². The van der Waals surface area contributed by atoms with Crippen LogP contribution in [-0.2, 0) is 7.05 Å². The highest BCUT2D eigenvalue weighted by molar-refractivity contribution is 5.94. The summed E-state index contributed by atoms with van der Waals surface area (Å²) in [6, 6.07) is 8.43. The Morgan fingerprint density at radius 2 is 1.76 bits per heavy atom. The molecule has 6 rings (SSSR count). The van der Waals surface area contributed by atoms with Crippen molar-refractivity contribution in [2.75, 3.05) is 6.54 Å². The van der Waals surface area contributed by atoms with Gasteiger partial charge in [0, 0.05) is 48.4 Å². The summed E-state index contributed by atoms with van der Waals surface area (Å²) in [4.78, 5) is 12.3. The van der Waals surface area contributed by atoms with Crippen molar-refractivity contribution in [2.45, 2.75) is 50.5 Å². The number of aromatic hydroxyl groups is 1. The Bertz CT molecular complexity index is 1460. The summed E-state index contributed by atoms with van der Waals surface area (Å²) in [7, 11) is 1.97. The summed E-state index contributed by atoms with van der Waals surface area (Å²) in [5, 5.41) is 22.7. The average Bonchev–Trinajstić information content (AvgIpc) is 3.53. The highest BCUT2D eigenvalue weighted by atomic mass is 19.1. The van der Waals surface area contributed by atoms with Crippen LogP contribution in [0, 0.1) is 17.6 Å². The van der Waals surface area contributed by atoms with Crippen LogP contribution in [0.15, 0.2) is 42.7 Å². The van der Waals surface area contributed by atoms with Gasteiger partial charge in [0.2, 0.25) is 0 Å².